The number of ether oxygens (including phenoxy) is 1. The van der Waals surface area contributed by atoms with Gasteiger partial charge in [-0.15, -0.1) is 0 Å². The summed E-state index contributed by atoms with van der Waals surface area (Å²) in [6, 6.07) is 19.4. The molecule has 1 heterocycles. The first-order valence-corrected chi connectivity index (χ1v) is 10.5. The number of aromatic nitrogens is 1. The number of aliphatic imine (C=N–C) groups is 1. The molecule has 4 aromatic rings. The first-order chi connectivity index (χ1) is 16.0. The van der Waals surface area contributed by atoms with Gasteiger partial charge in [-0.05, 0) is 47.9 Å². The van der Waals surface area contributed by atoms with Gasteiger partial charge in [-0.3, -0.25) is 4.79 Å². The van der Waals surface area contributed by atoms with Gasteiger partial charge in [0.2, 0.25) is 0 Å². The van der Waals surface area contributed by atoms with Crippen LogP contribution in [-0.2, 0) is 22.5 Å². The molecule has 0 bridgehead atoms. The molecule has 0 aliphatic rings. The molecule has 4 rings (SSSR count). The molecule has 0 unspecified atom stereocenters. The highest BCUT2D eigenvalue weighted by atomic mass is 19.1. The zero-order valence-corrected chi connectivity index (χ0v) is 18.1. The number of nitrogens with two attached hydrogens (primary N) is 1. The van der Waals surface area contributed by atoms with E-state index in [9.17, 15) is 14.3 Å². The van der Waals surface area contributed by atoms with E-state index in [1.54, 1.807) is 6.07 Å². The normalized spacial score (nSPS) is 11.7. The maximum atomic E-state index is 13.7. The number of hydrogen-bond acceptors (Lipinski definition) is 5. The zero-order valence-electron chi connectivity index (χ0n) is 18.1. The lowest BCUT2D eigenvalue weighted by Gasteiger charge is -2.09. The average Bonchev–Trinajstić information content (AvgIpc) is 3.16. The Balaban J connectivity index is 1.79. The lowest BCUT2D eigenvalue weighted by atomic mass is 9.98. The number of esters is 1. The van der Waals surface area contributed by atoms with E-state index in [1.807, 2.05) is 48.5 Å². The molecule has 0 aliphatic heterocycles. The van der Waals surface area contributed by atoms with Gasteiger partial charge in [-0.25, -0.2) is 9.38 Å². The predicted octanol–water partition coefficient (Wildman–Crippen LogP) is 4.75. The number of nitrogens with zero attached hydrogens (tertiary/aromatic N) is 1. The van der Waals surface area contributed by atoms with Crippen LogP contribution in [0.2, 0.25) is 0 Å². The van der Waals surface area contributed by atoms with Crippen molar-refractivity contribution in [2.75, 3.05) is 7.11 Å². The van der Waals surface area contributed by atoms with Crippen molar-refractivity contribution in [2.45, 2.75) is 19.4 Å². The maximum Gasteiger partial charge on any atom is 0.305 e. The molecular weight excluding hydrogens is 421 g/mol. The average molecular weight is 445 g/mol. The van der Waals surface area contributed by atoms with Gasteiger partial charge in [-0.1, -0.05) is 36.4 Å². The molecule has 0 amide bonds. The van der Waals surface area contributed by atoms with E-state index in [1.165, 1.54) is 19.2 Å². The first-order valence-electron chi connectivity index (χ1n) is 10.5. The second kappa shape index (κ2) is 9.67. The fourth-order valence-corrected chi connectivity index (χ4v) is 3.67. The van der Waals surface area contributed by atoms with Crippen molar-refractivity contribution in [1.29, 1.82) is 0 Å². The molecule has 0 spiro atoms. The fraction of sp³-hybridized carbons (Fsp3) is 0.154. The molecule has 3 aromatic carbocycles. The van der Waals surface area contributed by atoms with E-state index < -0.39 is 5.82 Å². The fourth-order valence-electron chi connectivity index (χ4n) is 3.67. The molecular formula is C26H24FN3O3. The number of rotatable bonds is 7. The Labute approximate surface area is 190 Å². The van der Waals surface area contributed by atoms with Crippen molar-refractivity contribution in [1.82, 2.24) is 4.98 Å². The summed E-state index contributed by atoms with van der Waals surface area (Å²) in [6.45, 7) is 0.429. The second-order valence-electron chi connectivity index (χ2n) is 7.64. The monoisotopic (exact) mass is 445 g/mol. The van der Waals surface area contributed by atoms with Crippen LogP contribution >= 0.6 is 0 Å². The van der Waals surface area contributed by atoms with Crippen LogP contribution < -0.4 is 5.73 Å². The van der Waals surface area contributed by atoms with E-state index >= 15 is 0 Å². The molecule has 4 N–H and O–H groups in total. The van der Waals surface area contributed by atoms with Gasteiger partial charge in [0.05, 0.1) is 29.6 Å². The molecule has 1 aromatic heterocycles. The van der Waals surface area contributed by atoms with E-state index in [0.29, 0.717) is 47.3 Å². The molecule has 168 valence electrons. The predicted molar refractivity (Wildman–Crippen MR) is 126 cm³/mol. The van der Waals surface area contributed by atoms with Crippen LogP contribution in [0.1, 0.15) is 28.7 Å². The topological polar surface area (TPSA) is 101 Å². The van der Waals surface area contributed by atoms with Crippen LogP contribution in [0.15, 0.2) is 71.7 Å². The summed E-state index contributed by atoms with van der Waals surface area (Å²) < 4.78 is 18.4. The van der Waals surface area contributed by atoms with Gasteiger partial charge in [-0.2, -0.15) is 0 Å². The standard InChI is InChI=1S/C26H24FN3O3/c1-33-23(31)13-6-16-2-7-18(8-3-16)25(29-20-10-4-17(15-28)5-11-20)24-21-12-9-19(27)14-22(21)30-26(24)32/h2-5,7-12,14,30,32H,6,13,15,28H2,1H3. The summed E-state index contributed by atoms with van der Waals surface area (Å²) in [6.07, 6.45) is 0.844. The van der Waals surface area contributed by atoms with Gasteiger partial charge in [0, 0.05) is 23.9 Å². The highest BCUT2D eigenvalue weighted by Crippen LogP contribution is 2.32. The van der Waals surface area contributed by atoms with Crippen LogP contribution in [0.3, 0.4) is 0 Å². The van der Waals surface area contributed by atoms with Crippen LogP contribution in [-0.4, -0.2) is 28.9 Å². The lowest BCUT2D eigenvalue weighted by Crippen LogP contribution is -2.05. The molecule has 33 heavy (non-hydrogen) atoms. The smallest absolute Gasteiger partial charge is 0.305 e. The summed E-state index contributed by atoms with van der Waals surface area (Å²) in [7, 11) is 1.37. The zero-order chi connectivity index (χ0) is 23.4. The van der Waals surface area contributed by atoms with E-state index in [4.69, 9.17) is 15.5 Å². The number of aromatic hydroxyl groups is 1. The number of benzene rings is 3. The quantitative estimate of drug-likeness (QED) is 0.282. The molecule has 6 nitrogen and oxygen atoms in total. The third-order valence-corrected chi connectivity index (χ3v) is 5.46. The summed E-state index contributed by atoms with van der Waals surface area (Å²) >= 11 is 0. The van der Waals surface area contributed by atoms with Gasteiger partial charge < -0.3 is 20.6 Å². The van der Waals surface area contributed by atoms with Crippen LogP contribution in [0, 0.1) is 5.82 Å². The SMILES string of the molecule is COC(=O)CCc1ccc(C(=Nc2ccc(CN)cc2)c2c(O)[nH]c3cc(F)ccc23)cc1. The van der Waals surface area contributed by atoms with E-state index in [-0.39, 0.29) is 11.8 Å². The number of halogens is 1. The van der Waals surface area contributed by atoms with Gasteiger partial charge >= 0.3 is 5.97 Å². The Bertz CT molecular complexity index is 1310. The van der Waals surface area contributed by atoms with Gasteiger partial charge in [0.1, 0.15) is 5.82 Å². The molecule has 0 atom stereocenters. The Hall–Kier alpha value is -3.97. The maximum absolute atomic E-state index is 13.7. The largest absolute Gasteiger partial charge is 0.494 e. The number of carbonyl (C=O) groups is 1. The van der Waals surface area contributed by atoms with Gasteiger partial charge in [0.15, 0.2) is 5.88 Å². The molecule has 0 saturated carbocycles. The summed E-state index contributed by atoms with van der Waals surface area (Å²) in [5.74, 6) is -0.762. The van der Waals surface area contributed by atoms with Crippen molar-refractivity contribution >= 4 is 28.3 Å². The lowest BCUT2D eigenvalue weighted by molar-refractivity contribution is -0.140. The molecule has 0 aliphatic carbocycles. The number of methoxy groups -OCH3 is 1. The van der Waals surface area contributed by atoms with Crippen LogP contribution in [0.25, 0.3) is 10.9 Å². The third kappa shape index (κ3) is 4.94. The number of nitrogens with one attached hydrogen (secondary N) is 1. The Kier molecular flexibility index (Phi) is 6.51. The van der Waals surface area contributed by atoms with Crippen molar-refractivity contribution < 1.29 is 19.0 Å². The van der Waals surface area contributed by atoms with Crippen LogP contribution in [0.4, 0.5) is 10.1 Å². The first kappa shape index (κ1) is 22.2. The Morgan fingerprint density at radius 3 is 2.42 bits per heavy atom. The second-order valence-corrected chi connectivity index (χ2v) is 7.64. The number of aromatic amines is 1. The highest BCUT2D eigenvalue weighted by molar-refractivity contribution is 6.21. The summed E-state index contributed by atoms with van der Waals surface area (Å²) in [4.78, 5) is 19.1. The number of hydrogen-bond donors (Lipinski definition) is 3. The number of aryl methyl sites for hydroxylation is 1. The minimum absolute atomic E-state index is 0.0947. The minimum atomic E-state index is -0.402. The molecule has 0 radical (unpaired) electrons. The number of fused-ring (bicyclic) bond motifs is 1. The molecule has 7 heteroatoms. The van der Waals surface area contributed by atoms with Crippen LogP contribution in [0.5, 0.6) is 5.88 Å². The molecule has 0 fully saturated rings. The van der Waals surface area contributed by atoms with Crippen molar-refractivity contribution in [3.8, 4) is 5.88 Å². The van der Waals surface area contributed by atoms with Crippen molar-refractivity contribution in [3.63, 3.8) is 0 Å². The highest BCUT2D eigenvalue weighted by Gasteiger charge is 2.19. The number of H-pyrrole nitrogens is 1. The Morgan fingerprint density at radius 2 is 1.76 bits per heavy atom. The minimum Gasteiger partial charge on any atom is -0.494 e. The van der Waals surface area contributed by atoms with E-state index in [2.05, 4.69) is 4.98 Å². The van der Waals surface area contributed by atoms with Crippen molar-refractivity contribution in [3.05, 3.63) is 94.8 Å². The van der Waals surface area contributed by atoms with E-state index in [0.717, 1.165) is 16.7 Å². The van der Waals surface area contributed by atoms with Crippen molar-refractivity contribution in [2.24, 2.45) is 10.7 Å². The summed E-state index contributed by atoms with van der Waals surface area (Å²) in [5.41, 5.74) is 10.6. The number of carbonyl (C=O) groups excluding carboxylic acids is 1. The summed E-state index contributed by atoms with van der Waals surface area (Å²) in [5, 5.41) is 11.4. The van der Waals surface area contributed by atoms with Gasteiger partial charge in [0.25, 0.3) is 0 Å². The Morgan fingerprint density at radius 1 is 1.06 bits per heavy atom. The third-order valence-electron chi connectivity index (χ3n) is 5.46. The molecule has 0 saturated heterocycles.